The van der Waals surface area contributed by atoms with Crippen molar-refractivity contribution in [1.82, 2.24) is 9.47 Å². The normalized spacial score (nSPS) is 16.5. The minimum atomic E-state index is -0.399. The van der Waals surface area contributed by atoms with Crippen LogP contribution in [0, 0.1) is 13.8 Å². The molecule has 0 radical (unpaired) electrons. The number of piperidine rings is 1. The second kappa shape index (κ2) is 7.73. The van der Waals surface area contributed by atoms with E-state index in [-0.39, 0.29) is 12.0 Å². The molecule has 0 saturated carbocycles. The van der Waals surface area contributed by atoms with Gasteiger partial charge in [-0.2, -0.15) is 0 Å². The van der Waals surface area contributed by atoms with Gasteiger partial charge in [-0.1, -0.05) is 12.1 Å². The Labute approximate surface area is 189 Å². The van der Waals surface area contributed by atoms with E-state index in [0.29, 0.717) is 18.7 Å². The number of aryl methyl sites for hydroxylation is 2. The SMILES string of the molecule is Cc1cc(C(=O)N2CCC3(CC2)Oc2ccccc2-n2c(C)ccc23)ccc1OC(C)C. The molecule has 1 aromatic heterocycles. The molecule has 5 heteroatoms. The highest BCUT2D eigenvalue weighted by Crippen LogP contribution is 2.45. The van der Waals surface area contributed by atoms with Crippen molar-refractivity contribution in [2.24, 2.45) is 0 Å². The predicted octanol–water partition coefficient (Wildman–Crippen LogP) is 5.41. The molecule has 166 valence electrons. The Balaban J connectivity index is 1.36. The van der Waals surface area contributed by atoms with E-state index in [1.807, 2.05) is 62.1 Å². The summed E-state index contributed by atoms with van der Waals surface area (Å²) in [7, 11) is 0. The lowest BCUT2D eigenvalue weighted by Crippen LogP contribution is -2.50. The number of ether oxygens (including phenoxy) is 2. The van der Waals surface area contributed by atoms with Crippen molar-refractivity contribution in [2.75, 3.05) is 13.1 Å². The van der Waals surface area contributed by atoms with Gasteiger partial charge in [0.2, 0.25) is 0 Å². The van der Waals surface area contributed by atoms with Gasteiger partial charge in [-0.25, -0.2) is 0 Å². The minimum Gasteiger partial charge on any atom is -0.491 e. The van der Waals surface area contributed by atoms with Crippen molar-refractivity contribution in [2.45, 2.75) is 52.2 Å². The second-order valence-corrected chi connectivity index (χ2v) is 9.20. The average molecular weight is 431 g/mol. The average Bonchev–Trinajstić information content (AvgIpc) is 3.18. The first-order valence-corrected chi connectivity index (χ1v) is 11.4. The summed E-state index contributed by atoms with van der Waals surface area (Å²) in [5.74, 6) is 1.82. The largest absolute Gasteiger partial charge is 0.491 e. The number of likely N-dealkylation sites (tertiary alicyclic amines) is 1. The van der Waals surface area contributed by atoms with E-state index < -0.39 is 5.60 Å². The fraction of sp³-hybridized carbons (Fsp3) is 0.370. The maximum absolute atomic E-state index is 13.2. The van der Waals surface area contributed by atoms with Gasteiger partial charge >= 0.3 is 0 Å². The maximum Gasteiger partial charge on any atom is 0.253 e. The van der Waals surface area contributed by atoms with Crippen LogP contribution in [-0.4, -0.2) is 34.6 Å². The number of para-hydroxylation sites is 2. The lowest BCUT2D eigenvalue weighted by atomic mass is 9.86. The van der Waals surface area contributed by atoms with Gasteiger partial charge < -0.3 is 18.9 Å². The van der Waals surface area contributed by atoms with Crippen molar-refractivity contribution >= 4 is 5.91 Å². The Bertz CT molecular complexity index is 1170. The van der Waals surface area contributed by atoms with Crippen LogP contribution in [-0.2, 0) is 5.60 Å². The summed E-state index contributed by atoms with van der Waals surface area (Å²) in [4.78, 5) is 15.2. The van der Waals surface area contributed by atoms with E-state index in [1.165, 1.54) is 11.4 Å². The predicted molar refractivity (Wildman–Crippen MR) is 125 cm³/mol. The third-order valence-electron chi connectivity index (χ3n) is 6.60. The summed E-state index contributed by atoms with van der Waals surface area (Å²) in [6, 6.07) is 18.3. The quantitative estimate of drug-likeness (QED) is 0.558. The van der Waals surface area contributed by atoms with Crippen molar-refractivity contribution in [3.05, 3.63) is 77.1 Å². The highest BCUT2D eigenvalue weighted by atomic mass is 16.5. The Hall–Kier alpha value is -3.21. The lowest BCUT2D eigenvalue weighted by molar-refractivity contribution is -0.00946. The highest BCUT2D eigenvalue weighted by Gasteiger charge is 2.45. The van der Waals surface area contributed by atoms with E-state index in [4.69, 9.17) is 9.47 Å². The zero-order chi connectivity index (χ0) is 22.5. The third kappa shape index (κ3) is 3.36. The van der Waals surface area contributed by atoms with Gasteiger partial charge in [0.15, 0.2) is 5.60 Å². The van der Waals surface area contributed by atoms with E-state index in [1.54, 1.807) is 0 Å². The molecule has 2 aliphatic rings. The van der Waals surface area contributed by atoms with Gasteiger partial charge in [-0.3, -0.25) is 4.79 Å². The van der Waals surface area contributed by atoms with Gasteiger partial charge in [0.1, 0.15) is 11.5 Å². The van der Waals surface area contributed by atoms with E-state index >= 15 is 0 Å². The fourth-order valence-corrected chi connectivity index (χ4v) is 4.99. The molecule has 2 aromatic carbocycles. The van der Waals surface area contributed by atoms with Crippen molar-refractivity contribution in [3.8, 4) is 17.2 Å². The van der Waals surface area contributed by atoms with Gasteiger partial charge in [0, 0.05) is 37.2 Å². The van der Waals surface area contributed by atoms with Gasteiger partial charge in [0.25, 0.3) is 5.91 Å². The lowest BCUT2D eigenvalue weighted by Gasteiger charge is -2.45. The smallest absolute Gasteiger partial charge is 0.253 e. The van der Waals surface area contributed by atoms with Gasteiger partial charge in [0.05, 0.1) is 17.5 Å². The molecule has 3 aromatic rings. The number of carbonyl (C=O) groups is 1. The molecule has 0 aliphatic carbocycles. The molecule has 5 nitrogen and oxygen atoms in total. The standard InChI is InChI=1S/C27H30N2O3/c1-18(2)31-23-11-10-21(17-19(23)3)26(30)28-15-13-27(14-16-28)25-12-9-20(4)29(25)22-7-5-6-8-24(22)32-27/h5-12,17-18H,13-16H2,1-4H3. The number of aromatic nitrogens is 1. The van der Waals surface area contributed by atoms with Crippen LogP contribution in [0.5, 0.6) is 11.5 Å². The summed E-state index contributed by atoms with van der Waals surface area (Å²) >= 11 is 0. The molecule has 0 N–H and O–H groups in total. The number of fused-ring (bicyclic) bond motifs is 4. The van der Waals surface area contributed by atoms with E-state index in [2.05, 4.69) is 29.7 Å². The molecule has 5 rings (SSSR count). The number of rotatable bonds is 3. The van der Waals surface area contributed by atoms with Crippen molar-refractivity contribution in [3.63, 3.8) is 0 Å². The number of hydrogen-bond donors (Lipinski definition) is 0. The molecule has 0 unspecified atom stereocenters. The molecule has 0 bridgehead atoms. The third-order valence-corrected chi connectivity index (χ3v) is 6.60. The van der Waals surface area contributed by atoms with Crippen molar-refractivity contribution in [1.29, 1.82) is 0 Å². The van der Waals surface area contributed by atoms with Crippen LogP contribution in [0.25, 0.3) is 5.69 Å². The number of hydrogen-bond acceptors (Lipinski definition) is 3. The molecule has 3 heterocycles. The Kier molecular flexibility index (Phi) is 5.00. The maximum atomic E-state index is 13.2. The summed E-state index contributed by atoms with van der Waals surface area (Å²) in [5.41, 5.74) is 4.78. The van der Waals surface area contributed by atoms with Crippen LogP contribution in [0.15, 0.2) is 54.6 Å². The summed E-state index contributed by atoms with van der Waals surface area (Å²) in [5, 5.41) is 0. The molecular weight excluding hydrogens is 400 g/mol. The zero-order valence-corrected chi connectivity index (χ0v) is 19.2. The number of benzene rings is 2. The molecule has 1 fully saturated rings. The molecule has 0 atom stereocenters. The minimum absolute atomic E-state index is 0.0711. The fourth-order valence-electron chi connectivity index (χ4n) is 4.99. The van der Waals surface area contributed by atoms with E-state index in [0.717, 1.165) is 35.6 Å². The molecule has 1 amide bonds. The van der Waals surface area contributed by atoms with Crippen molar-refractivity contribution < 1.29 is 14.3 Å². The highest BCUT2D eigenvalue weighted by molar-refractivity contribution is 5.94. The zero-order valence-electron chi connectivity index (χ0n) is 19.2. The molecule has 1 saturated heterocycles. The molecule has 2 aliphatic heterocycles. The first kappa shape index (κ1) is 20.7. The summed E-state index contributed by atoms with van der Waals surface area (Å²) in [6.45, 7) is 9.46. The number of carbonyl (C=O) groups excluding carboxylic acids is 1. The van der Waals surface area contributed by atoms with Crippen LogP contribution in [0.4, 0.5) is 0 Å². The van der Waals surface area contributed by atoms with Crippen LogP contribution in [0.2, 0.25) is 0 Å². The van der Waals surface area contributed by atoms with E-state index in [9.17, 15) is 4.79 Å². The summed E-state index contributed by atoms with van der Waals surface area (Å²) in [6.07, 6.45) is 1.64. The van der Waals surface area contributed by atoms with Crippen LogP contribution < -0.4 is 9.47 Å². The molecule has 1 spiro atoms. The van der Waals surface area contributed by atoms with Crippen LogP contribution in [0.1, 0.15) is 54.0 Å². The topological polar surface area (TPSA) is 43.7 Å². The first-order chi connectivity index (χ1) is 15.4. The Morgan fingerprint density at radius 2 is 1.78 bits per heavy atom. The van der Waals surface area contributed by atoms with Gasteiger partial charge in [-0.05, 0) is 75.7 Å². The monoisotopic (exact) mass is 430 g/mol. The molecule has 32 heavy (non-hydrogen) atoms. The number of amides is 1. The Morgan fingerprint density at radius 3 is 2.50 bits per heavy atom. The van der Waals surface area contributed by atoms with Crippen LogP contribution >= 0.6 is 0 Å². The second-order valence-electron chi connectivity index (χ2n) is 9.20. The van der Waals surface area contributed by atoms with Gasteiger partial charge in [-0.15, -0.1) is 0 Å². The number of nitrogens with zero attached hydrogens (tertiary/aromatic N) is 2. The summed E-state index contributed by atoms with van der Waals surface area (Å²) < 4.78 is 14.8. The Morgan fingerprint density at radius 1 is 1.03 bits per heavy atom. The first-order valence-electron chi connectivity index (χ1n) is 11.4. The molecular formula is C27H30N2O3. The van der Waals surface area contributed by atoms with Crippen LogP contribution in [0.3, 0.4) is 0 Å².